The number of benzene rings is 1. The summed E-state index contributed by atoms with van der Waals surface area (Å²) in [4.78, 5) is 13.0. The highest BCUT2D eigenvalue weighted by molar-refractivity contribution is 5.70. The average Bonchev–Trinajstić information content (AvgIpc) is 2.82. The minimum absolute atomic E-state index is 0.0325. The third kappa shape index (κ3) is 2.68. The molecule has 0 saturated carbocycles. The molecule has 2 atom stereocenters. The number of rotatable bonds is 4. The summed E-state index contributed by atoms with van der Waals surface area (Å²) in [6.07, 6.45) is 0.646. The van der Waals surface area contributed by atoms with Gasteiger partial charge in [-0.05, 0) is 30.7 Å². The fraction of sp³-hybridized carbons (Fsp3) is 0.462. The molecule has 98 valence electrons. The predicted molar refractivity (Wildman–Crippen MR) is 65.5 cm³/mol. The lowest BCUT2D eigenvalue weighted by Gasteiger charge is -2.26. The van der Waals surface area contributed by atoms with E-state index in [9.17, 15) is 9.18 Å². The van der Waals surface area contributed by atoms with Gasteiger partial charge in [-0.2, -0.15) is 0 Å². The Bertz CT molecular complexity index is 422. The average molecular weight is 252 g/mol. The van der Waals surface area contributed by atoms with E-state index in [1.807, 2.05) is 0 Å². The summed E-state index contributed by atoms with van der Waals surface area (Å²) in [6.45, 7) is 1.63. The number of carboxylic acids is 1. The molecule has 1 fully saturated rings. The van der Waals surface area contributed by atoms with Crippen LogP contribution in [0.25, 0.3) is 0 Å². The quantitative estimate of drug-likeness (QED) is 0.846. The molecule has 0 aliphatic carbocycles. The summed E-state index contributed by atoms with van der Waals surface area (Å²) in [6, 6.07) is 6.20. The van der Waals surface area contributed by atoms with Gasteiger partial charge in [0.05, 0.1) is 5.92 Å². The van der Waals surface area contributed by atoms with Crippen LogP contribution in [0.4, 0.5) is 4.39 Å². The highest BCUT2D eigenvalue weighted by Crippen LogP contribution is 2.27. The van der Waals surface area contributed by atoms with Gasteiger partial charge in [0, 0.05) is 19.1 Å². The monoisotopic (exact) mass is 252 g/mol. The van der Waals surface area contributed by atoms with Crippen molar-refractivity contribution in [2.45, 2.75) is 12.5 Å². The smallest absolute Gasteiger partial charge is 0.307 e. The number of hydrogen-bond donors (Lipinski definition) is 2. The Kier molecular flexibility index (Phi) is 3.93. The zero-order valence-electron chi connectivity index (χ0n) is 10.1. The van der Waals surface area contributed by atoms with Gasteiger partial charge in [-0.1, -0.05) is 12.1 Å². The highest BCUT2D eigenvalue weighted by Gasteiger charge is 2.32. The first-order valence-corrected chi connectivity index (χ1v) is 6.04. The number of aliphatic carboxylic acids is 1. The molecule has 0 bridgehead atoms. The fourth-order valence-corrected chi connectivity index (χ4v) is 2.45. The van der Waals surface area contributed by atoms with Crippen LogP contribution in [0.1, 0.15) is 18.0 Å². The standard InChI is InChI=1S/C13H17FN2O2/c14-11-3-1-9(2-4-11)12(7-15)16-6-5-10(8-16)13(17)18/h1-4,10,12H,5-8,15H2,(H,17,18)/t10-,12+/m1/s1. The number of likely N-dealkylation sites (tertiary alicyclic amines) is 1. The third-order valence-electron chi connectivity index (χ3n) is 3.49. The Balaban J connectivity index is 2.10. The van der Waals surface area contributed by atoms with Gasteiger partial charge < -0.3 is 10.8 Å². The second-order valence-corrected chi connectivity index (χ2v) is 4.62. The normalized spacial score (nSPS) is 22.0. The Labute approximate surface area is 105 Å². The van der Waals surface area contributed by atoms with E-state index in [-0.39, 0.29) is 17.8 Å². The molecule has 0 aromatic heterocycles. The first-order valence-electron chi connectivity index (χ1n) is 6.04. The molecule has 0 unspecified atom stereocenters. The van der Waals surface area contributed by atoms with Crippen LogP contribution in [0, 0.1) is 11.7 Å². The van der Waals surface area contributed by atoms with E-state index in [0.29, 0.717) is 19.5 Å². The molecular formula is C13H17FN2O2. The zero-order valence-corrected chi connectivity index (χ0v) is 10.1. The molecule has 3 N–H and O–H groups in total. The van der Waals surface area contributed by atoms with Gasteiger partial charge in [0.25, 0.3) is 0 Å². The van der Waals surface area contributed by atoms with Crippen LogP contribution in [-0.4, -0.2) is 35.6 Å². The van der Waals surface area contributed by atoms with Crippen LogP contribution < -0.4 is 5.73 Å². The van der Waals surface area contributed by atoms with E-state index >= 15 is 0 Å². The van der Waals surface area contributed by atoms with Crippen molar-refractivity contribution in [3.8, 4) is 0 Å². The van der Waals surface area contributed by atoms with E-state index in [1.165, 1.54) is 12.1 Å². The van der Waals surface area contributed by atoms with Crippen molar-refractivity contribution in [3.05, 3.63) is 35.6 Å². The fourth-order valence-electron chi connectivity index (χ4n) is 2.45. The SMILES string of the molecule is NC[C@@H](c1ccc(F)cc1)N1CC[C@@H](C(=O)O)C1. The molecule has 1 aliphatic rings. The molecule has 4 nitrogen and oxygen atoms in total. The maximum Gasteiger partial charge on any atom is 0.307 e. The maximum atomic E-state index is 12.9. The van der Waals surface area contributed by atoms with Crippen LogP contribution in [0.15, 0.2) is 24.3 Å². The number of nitrogens with two attached hydrogens (primary N) is 1. The number of hydrogen-bond acceptors (Lipinski definition) is 3. The van der Waals surface area contributed by atoms with E-state index in [1.54, 1.807) is 12.1 Å². The minimum Gasteiger partial charge on any atom is -0.481 e. The Morgan fingerprint density at radius 2 is 2.17 bits per heavy atom. The largest absolute Gasteiger partial charge is 0.481 e. The molecule has 1 saturated heterocycles. The summed E-state index contributed by atoms with van der Waals surface area (Å²) < 4.78 is 12.9. The maximum absolute atomic E-state index is 12.9. The lowest BCUT2D eigenvalue weighted by molar-refractivity contribution is -0.141. The van der Waals surface area contributed by atoms with Crippen molar-refractivity contribution in [1.82, 2.24) is 4.90 Å². The van der Waals surface area contributed by atoms with Crippen molar-refractivity contribution in [2.24, 2.45) is 11.7 Å². The first-order chi connectivity index (χ1) is 8.61. The molecule has 0 amide bonds. The molecular weight excluding hydrogens is 235 g/mol. The number of nitrogens with zero attached hydrogens (tertiary/aromatic N) is 1. The summed E-state index contributed by atoms with van der Waals surface area (Å²) in [5.74, 6) is -1.36. The Hall–Kier alpha value is -1.46. The molecule has 1 aromatic rings. The van der Waals surface area contributed by atoms with E-state index in [0.717, 1.165) is 12.1 Å². The highest BCUT2D eigenvalue weighted by atomic mass is 19.1. The molecule has 0 radical (unpaired) electrons. The Morgan fingerprint density at radius 3 is 2.67 bits per heavy atom. The summed E-state index contributed by atoms with van der Waals surface area (Å²) in [7, 11) is 0. The molecule has 0 spiro atoms. The molecule has 1 heterocycles. The van der Waals surface area contributed by atoms with Gasteiger partial charge in [0.15, 0.2) is 0 Å². The summed E-state index contributed by atoms with van der Waals surface area (Å²) in [5, 5.41) is 8.98. The lowest BCUT2D eigenvalue weighted by Crippen LogP contribution is -2.32. The van der Waals surface area contributed by atoms with Crippen LogP contribution in [0.2, 0.25) is 0 Å². The van der Waals surface area contributed by atoms with Gasteiger partial charge in [-0.3, -0.25) is 9.69 Å². The molecule has 2 rings (SSSR count). The van der Waals surface area contributed by atoms with E-state index < -0.39 is 5.97 Å². The molecule has 5 heteroatoms. The molecule has 1 aromatic carbocycles. The summed E-state index contributed by atoms with van der Waals surface area (Å²) in [5.41, 5.74) is 6.70. The topological polar surface area (TPSA) is 66.6 Å². The first kappa shape index (κ1) is 13.0. The number of halogens is 1. The van der Waals surface area contributed by atoms with Gasteiger partial charge in [-0.25, -0.2) is 4.39 Å². The van der Waals surface area contributed by atoms with E-state index in [2.05, 4.69) is 4.90 Å². The minimum atomic E-state index is -0.757. The summed E-state index contributed by atoms with van der Waals surface area (Å²) >= 11 is 0. The molecule has 18 heavy (non-hydrogen) atoms. The van der Waals surface area contributed by atoms with Crippen LogP contribution in [0.3, 0.4) is 0 Å². The van der Waals surface area contributed by atoms with Crippen molar-refractivity contribution >= 4 is 5.97 Å². The number of carbonyl (C=O) groups is 1. The lowest BCUT2D eigenvalue weighted by atomic mass is 10.1. The number of carboxylic acid groups (broad SMARTS) is 1. The second-order valence-electron chi connectivity index (χ2n) is 4.62. The predicted octanol–water partition coefficient (Wildman–Crippen LogP) is 1.23. The van der Waals surface area contributed by atoms with Crippen LogP contribution >= 0.6 is 0 Å². The van der Waals surface area contributed by atoms with Gasteiger partial charge in [0.1, 0.15) is 5.82 Å². The van der Waals surface area contributed by atoms with Crippen molar-refractivity contribution in [1.29, 1.82) is 0 Å². The van der Waals surface area contributed by atoms with Crippen LogP contribution in [-0.2, 0) is 4.79 Å². The van der Waals surface area contributed by atoms with Gasteiger partial charge in [0.2, 0.25) is 0 Å². The van der Waals surface area contributed by atoms with Crippen molar-refractivity contribution in [2.75, 3.05) is 19.6 Å². The van der Waals surface area contributed by atoms with Gasteiger partial charge in [-0.15, -0.1) is 0 Å². The van der Waals surface area contributed by atoms with Gasteiger partial charge >= 0.3 is 5.97 Å². The zero-order chi connectivity index (χ0) is 13.1. The van der Waals surface area contributed by atoms with E-state index in [4.69, 9.17) is 10.8 Å². The second kappa shape index (κ2) is 5.46. The molecule has 1 aliphatic heterocycles. The third-order valence-corrected chi connectivity index (χ3v) is 3.49. The Morgan fingerprint density at radius 1 is 1.50 bits per heavy atom. The van der Waals surface area contributed by atoms with Crippen molar-refractivity contribution < 1.29 is 14.3 Å². The van der Waals surface area contributed by atoms with Crippen molar-refractivity contribution in [3.63, 3.8) is 0 Å². The van der Waals surface area contributed by atoms with Crippen LogP contribution in [0.5, 0.6) is 0 Å².